The summed E-state index contributed by atoms with van der Waals surface area (Å²) in [7, 11) is 0. The Bertz CT molecular complexity index is 623. The molecule has 0 bridgehead atoms. The Morgan fingerprint density at radius 3 is 2.38 bits per heavy atom. The van der Waals surface area contributed by atoms with Gasteiger partial charge in [0.15, 0.2) is 0 Å². The van der Waals surface area contributed by atoms with Crippen molar-refractivity contribution < 1.29 is 0 Å². The van der Waals surface area contributed by atoms with Crippen molar-refractivity contribution in [3.05, 3.63) is 35.5 Å². The Kier molecular flexibility index (Phi) is 7.23. The zero-order valence-electron chi connectivity index (χ0n) is 20.4. The van der Waals surface area contributed by atoms with Crippen LogP contribution in [0.4, 0.5) is 0 Å². The smallest absolute Gasteiger partial charge is 0.0143 e. The minimum atomic E-state index is 0.497. The highest BCUT2D eigenvalue weighted by Gasteiger charge is 2.48. The summed E-state index contributed by atoms with van der Waals surface area (Å²) >= 11 is 0. The predicted octanol–water partition coefficient (Wildman–Crippen LogP) is 9.28. The van der Waals surface area contributed by atoms with Crippen molar-refractivity contribution in [2.75, 3.05) is 0 Å². The minimum absolute atomic E-state index is 0.497. The summed E-state index contributed by atoms with van der Waals surface area (Å²) in [6, 6.07) is 0. The van der Waals surface area contributed by atoms with Crippen LogP contribution < -0.4 is 0 Å². The number of hydrogen-bond acceptors (Lipinski definition) is 0. The van der Waals surface area contributed by atoms with Gasteiger partial charge in [0.05, 0.1) is 0 Å². The molecule has 0 amide bonds. The Balaban J connectivity index is 1.63. The van der Waals surface area contributed by atoms with Crippen molar-refractivity contribution in [2.45, 2.75) is 112 Å². The topological polar surface area (TPSA) is 0 Å². The first-order valence-electron chi connectivity index (χ1n) is 12.7. The third-order valence-electron chi connectivity index (χ3n) is 8.83. The predicted molar refractivity (Wildman–Crippen MR) is 129 cm³/mol. The van der Waals surface area contributed by atoms with Gasteiger partial charge in [0, 0.05) is 0 Å². The maximum absolute atomic E-state index is 4.32. The van der Waals surface area contributed by atoms with Crippen molar-refractivity contribution in [2.24, 2.45) is 34.5 Å². The largest absolute Gasteiger partial charge is 0.0993 e. The number of unbranched alkanes of at least 4 members (excludes halogenated alkanes) is 1. The summed E-state index contributed by atoms with van der Waals surface area (Å²) in [5, 5.41) is 0. The highest BCUT2D eigenvalue weighted by molar-refractivity contribution is 5.28. The van der Waals surface area contributed by atoms with Gasteiger partial charge in [-0.2, -0.15) is 0 Å². The van der Waals surface area contributed by atoms with Gasteiger partial charge in [0.2, 0.25) is 0 Å². The van der Waals surface area contributed by atoms with Gasteiger partial charge in [-0.05, 0) is 92.3 Å². The molecular weight excluding hydrogens is 348 g/mol. The number of fused-ring (bicyclic) bond motifs is 1. The zero-order chi connectivity index (χ0) is 21.2. The lowest BCUT2D eigenvalue weighted by molar-refractivity contribution is 0.126. The molecule has 5 atom stereocenters. The third-order valence-corrected chi connectivity index (χ3v) is 8.83. The second-order valence-corrected chi connectivity index (χ2v) is 12.3. The van der Waals surface area contributed by atoms with Gasteiger partial charge in [-0.1, -0.05) is 89.8 Å². The van der Waals surface area contributed by atoms with Gasteiger partial charge >= 0.3 is 0 Å². The number of allylic oxidation sites excluding steroid dienone is 5. The lowest BCUT2D eigenvalue weighted by Crippen LogP contribution is -2.33. The molecule has 0 aliphatic heterocycles. The Hall–Kier alpha value is -0.780. The molecule has 3 aliphatic rings. The second-order valence-electron chi connectivity index (χ2n) is 12.3. The third kappa shape index (κ3) is 5.48. The molecule has 0 radical (unpaired) electrons. The molecule has 0 saturated heterocycles. The summed E-state index contributed by atoms with van der Waals surface area (Å²) in [6.45, 7) is 18.8. The second kappa shape index (κ2) is 9.15. The van der Waals surface area contributed by atoms with Crippen LogP contribution in [0.15, 0.2) is 35.5 Å². The van der Waals surface area contributed by atoms with Crippen LogP contribution in [-0.2, 0) is 0 Å². The van der Waals surface area contributed by atoms with E-state index < -0.39 is 0 Å². The van der Waals surface area contributed by atoms with E-state index in [1.807, 2.05) is 0 Å². The SMILES string of the molecule is C=C1[C@H](C)CC(=C/C=C2\CCC[C@]3(C)[C@@H](CCCCC(C)(C)C)CC[C@@H]23)C[C@H]1C. The molecule has 0 unspecified atom stereocenters. The van der Waals surface area contributed by atoms with E-state index in [1.54, 1.807) is 11.1 Å². The highest BCUT2D eigenvalue weighted by Crippen LogP contribution is 2.58. The van der Waals surface area contributed by atoms with E-state index in [9.17, 15) is 0 Å². The molecule has 164 valence electrons. The molecule has 3 saturated carbocycles. The Labute approximate surface area is 182 Å². The van der Waals surface area contributed by atoms with Gasteiger partial charge in [-0.3, -0.25) is 0 Å². The molecule has 0 aromatic carbocycles. The van der Waals surface area contributed by atoms with E-state index >= 15 is 0 Å². The molecule has 3 aliphatic carbocycles. The Morgan fingerprint density at radius 2 is 1.72 bits per heavy atom. The summed E-state index contributed by atoms with van der Waals surface area (Å²) in [5.41, 5.74) is 5.98. The average molecular weight is 397 g/mol. The molecule has 0 heterocycles. The Morgan fingerprint density at radius 1 is 1.03 bits per heavy atom. The monoisotopic (exact) mass is 396 g/mol. The maximum Gasteiger partial charge on any atom is -0.0143 e. The van der Waals surface area contributed by atoms with Crippen LogP contribution in [0.25, 0.3) is 0 Å². The summed E-state index contributed by atoms with van der Waals surface area (Å²) in [6.07, 6.45) is 20.4. The van der Waals surface area contributed by atoms with Crippen LogP contribution in [0.3, 0.4) is 0 Å². The standard InChI is InChI=1S/C29H48/c1-21-19-24(20-22(2)23(21)3)13-14-25-11-10-18-29(7)26(15-16-27(25)29)12-8-9-17-28(4,5)6/h13-14,21-22,26-27H,3,8-12,15-20H2,1-2,4-7H3/b25-14+/t21-,22-,26+,27+,29-/m1/s1. The molecule has 0 N–H and O–H groups in total. The molecule has 0 nitrogen and oxygen atoms in total. The molecular formula is C29H48. The van der Waals surface area contributed by atoms with E-state index in [4.69, 9.17) is 0 Å². The van der Waals surface area contributed by atoms with E-state index in [0.717, 1.165) is 11.8 Å². The highest BCUT2D eigenvalue weighted by atomic mass is 14.5. The van der Waals surface area contributed by atoms with Gasteiger partial charge in [-0.25, -0.2) is 0 Å². The fourth-order valence-corrected chi connectivity index (χ4v) is 6.85. The fourth-order valence-electron chi connectivity index (χ4n) is 6.85. The van der Waals surface area contributed by atoms with Gasteiger partial charge < -0.3 is 0 Å². The van der Waals surface area contributed by atoms with E-state index in [0.29, 0.717) is 22.7 Å². The minimum Gasteiger partial charge on any atom is -0.0993 e. The van der Waals surface area contributed by atoms with Gasteiger partial charge in [-0.15, -0.1) is 0 Å². The van der Waals surface area contributed by atoms with Crippen LogP contribution in [-0.4, -0.2) is 0 Å². The average Bonchev–Trinajstić information content (AvgIpc) is 2.97. The van der Waals surface area contributed by atoms with E-state index in [-0.39, 0.29) is 0 Å². The normalized spacial score (nSPS) is 37.1. The van der Waals surface area contributed by atoms with Crippen LogP contribution in [0.1, 0.15) is 112 Å². The van der Waals surface area contributed by atoms with Crippen molar-refractivity contribution in [3.63, 3.8) is 0 Å². The lowest BCUT2D eigenvalue weighted by atomic mass is 9.62. The summed E-state index contributed by atoms with van der Waals surface area (Å²) in [5.74, 6) is 3.13. The molecule has 0 spiro atoms. The van der Waals surface area contributed by atoms with Crippen molar-refractivity contribution >= 4 is 0 Å². The molecule has 3 rings (SSSR count). The van der Waals surface area contributed by atoms with E-state index in [2.05, 4.69) is 60.3 Å². The van der Waals surface area contributed by atoms with Crippen LogP contribution in [0.5, 0.6) is 0 Å². The number of rotatable bonds is 5. The fraction of sp³-hybridized carbons (Fsp3) is 0.793. The summed E-state index contributed by atoms with van der Waals surface area (Å²) in [4.78, 5) is 0. The van der Waals surface area contributed by atoms with Crippen LogP contribution in [0, 0.1) is 34.5 Å². The molecule has 3 fully saturated rings. The van der Waals surface area contributed by atoms with Crippen molar-refractivity contribution in [1.82, 2.24) is 0 Å². The first-order valence-corrected chi connectivity index (χ1v) is 12.7. The first kappa shape index (κ1) is 22.9. The number of hydrogen-bond donors (Lipinski definition) is 0. The van der Waals surface area contributed by atoms with E-state index in [1.165, 1.54) is 76.2 Å². The first-order chi connectivity index (χ1) is 13.6. The molecule has 0 heteroatoms. The molecule has 0 aromatic rings. The lowest BCUT2D eigenvalue weighted by Gasteiger charge is -2.42. The molecule has 0 aromatic heterocycles. The van der Waals surface area contributed by atoms with Crippen LogP contribution in [0.2, 0.25) is 0 Å². The van der Waals surface area contributed by atoms with Crippen molar-refractivity contribution in [1.29, 1.82) is 0 Å². The van der Waals surface area contributed by atoms with Crippen LogP contribution >= 0.6 is 0 Å². The summed E-state index contributed by atoms with van der Waals surface area (Å²) < 4.78 is 0. The quantitative estimate of drug-likeness (QED) is 0.321. The maximum atomic E-state index is 4.32. The van der Waals surface area contributed by atoms with Crippen molar-refractivity contribution in [3.8, 4) is 0 Å². The zero-order valence-corrected chi connectivity index (χ0v) is 20.4. The molecule has 29 heavy (non-hydrogen) atoms. The van der Waals surface area contributed by atoms with Gasteiger partial charge in [0.1, 0.15) is 0 Å². The van der Waals surface area contributed by atoms with Gasteiger partial charge in [0.25, 0.3) is 0 Å².